The van der Waals surface area contributed by atoms with E-state index >= 15 is 0 Å². The smallest absolute Gasteiger partial charge is 0.106 e. The highest BCUT2D eigenvalue weighted by molar-refractivity contribution is 7.80. The zero-order valence-corrected chi connectivity index (χ0v) is 11.4. The molecule has 0 bridgehead atoms. The maximum atomic E-state index is 5.68. The fourth-order valence-electron chi connectivity index (χ4n) is 1.76. The summed E-state index contributed by atoms with van der Waals surface area (Å²) in [6, 6.07) is 2.27. The maximum Gasteiger partial charge on any atom is 0.106 e. The third-order valence-electron chi connectivity index (χ3n) is 2.73. The van der Waals surface area contributed by atoms with E-state index in [0.717, 1.165) is 17.7 Å². The van der Waals surface area contributed by atoms with Gasteiger partial charge in [0.15, 0.2) is 0 Å². The first kappa shape index (κ1) is 13.9. The van der Waals surface area contributed by atoms with Gasteiger partial charge < -0.3 is 11.1 Å². The molecule has 0 spiro atoms. The van der Waals surface area contributed by atoms with Gasteiger partial charge in [0.2, 0.25) is 0 Å². The fraction of sp³-hybridized carbons (Fsp3) is 0.538. The summed E-state index contributed by atoms with van der Waals surface area (Å²) < 4.78 is 0. The molecule has 0 aliphatic rings. The zero-order chi connectivity index (χ0) is 12.7. The number of thiocarbonyl (C=S) groups is 1. The van der Waals surface area contributed by atoms with E-state index in [0.29, 0.717) is 11.0 Å². The highest BCUT2D eigenvalue weighted by Gasteiger charge is 2.07. The number of hydrogen-bond donors (Lipinski definition) is 2. The van der Waals surface area contributed by atoms with E-state index in [4.69, 9.17) is 18.0 Å². The molecule has 0 aliphatic carbocycles. The van der Waals surface area contributed by atoms with E-state index in [2.05, 4.69) is 24.1 Å². The van der Waals surface area contributed by atoms with Gasteiger partial charge >= 0.3 is 0 Å². The predicted molar refractivity (Wildman–Crippen MR) is 77.4 cm³/mol. The Kier molecular flexibility index (Phi) is 5.91. The molecule has 0 radical (unpaired) electrons. The molecule has 94 valence electrons. The molecule has 1 atom stereocenters. The van der Waals surface area contributed by atoms with Gasteiger partial charge in [0, 0.05) is 17.8 Å². The minimum absolute atomic E-state index is 0.413. The van der Waals surface area contributed by atoms with E-state index in [9.17, 15) is 0 Å². The Balaban J connectivity index is 2.58. The lowest BCUT2D eigenvalue weighted by atomic mass is 10.1. The number of unbranched alkanes of at least 4 members (excludes halogenated alkanes) is 2. The number of pyridine rings is 1. The third-order valence-corrected chi connectivity index (χ3v) is 2.95. The van der Waals surface area contributed by atoms with E-state index in [1.165, 1.54) is 19.3 Å². The maximum absolute atomic E-state index is 5.68. The lowest BCUT2D eigenvalue weighted by molar-refractivity contribution is 0.615. The van der Waals surface area contributed by atoms with Crippen LogP contribution in [-0.2, 0) is 0 Å². The first-order valence-electron chi connectivity index (χ1n) is 6.15. The van der Waals surface area contributed by atoms with Crippen molar-refractivity contribution in [1.29, 1.82) is 0 Å². The molecule has 1 aromatic rings. The van der Waals surface area contributed by atoms with Gasteiger partial charge in [0.1, 0.15) is 4.99 Å². The van der Waals surface area contributed by atoms with Crippen molar-refractivity contribution in [3.63, 3.8) is 0 Å². The number of anilines is 1. The Morgan fingerprint density at radius 2 is 2.29 bits per heavy atom. The molecular weight excluding hydrogens is 230 g/mol. The molecule has 1 aromatic heterocycles. The van der Waals surface area contributed by atoms with Crippen LogP contribution in [-0.4, -0.2) is 16.0 Å². The van der Waals surface area contributed by atoms with E-state index in [1.54, 1.807) is 12.4 Å². The van der Waals surface area contributed by atoms with Crippen molar-refractivity contribution >= 4 is 22.9 Å². The van der Waals surface area contributed by atoms with Crippen molar-refractivity contribution in [2.75, 3.05) is 5.32 Å². The Hall–Kier alpha value is -1.16. The lowest BCUT2D eigenvalue weighted by Crippen LogP contribution is -2.19. The average molecular weight is 251 g/mol. The molecule has 0 fully saturated rings. The summed E-state index contributed by atoms with van der Waals surface area (Å²) in [4.78, 5) is 4.51. The highest BCUT2D eigenvalue weighted by Crippen LogP contribution is 2.16. The Labute approximate surface area is 109 Å². The summed E-state index contributed by atoms with van der Waals surface area (Å²) in [7, 11) is 0. The molecule has 0 aromatic carbocycles. The number of hydrogen-bond acceptors (Lipinski definition) is 3. The topological polar surface area (TPSA) is 50.9 Å². The van der Waals surface area contributed by atoms with Gasteiger partial charge in [0.25, 0.3) is 0 Å². The number of nitrogens with zero attached hydrogens (tertiary/aromatic N) is 1. The van der Waals surface area contributed by atoms with Gasteiger partial charge in [-0.2, -0.15) is 0 Å². The molecule has 3 nitrogen and oxygen atoms in total. The van der Waals surface area contributed by atoms with Crippen molar-refractivity contribution < 1.29 is 0 Å². The van der Waals surface area contributed by atoms with Crippen molar-refractivity contribution in [3.8, 4) is 0 Å². The van der Waals surface area contributed by atoms with Crippen LogP contribution in [0.15, 0.2) is 18.5 Å². The Bertz CT molecular complexity index is 365. The van der Waals surface area contributed by atoms with Crippen LogP contribution < -0.4 is 11.1 Å². The van der Waals surface area contributed by atoms with Gasteiger partial charge in [-0.05, 0) is 19.4 Å². The van der Waals surface area contributed by atoms with Crippen LogP contribution in [0.1, 0.15) is 45.1 Å². The summed E-state index contributed by atoms with van der Waals surface area (Å²) in [6.45, 7) is 4.39. The van der Waals surface area contributed by atoms with Crippen LogP contribution in [0.3, 0.4) is 0 Å². The second-order valence-electron chi connectivity index (χ2n) is 4.33. The van der Waals surface area contributed by atoms with E-state index < -0.39 is 0 Å². The van der Waals surface area contributed by atoms with Crippen LogP contribution in [0.2, 0.25) is 0 Å². The number of rotatable bonds is 7. The number of nitrogens with one attached hydrogen (secondary N) is 1. The normalized spacial score (nSPS) is 12.1. The average Bonchev–Trinajstić information content (AvgIpc) is 2.29. The van der Waals surface area contributed by atoms with Gasteiger partial charge in [-0.25, -0.2) is 0 Å². The summed E-state index contributed by atoms with van der Waals surface area (Å²) in [5.74, 6) is 0. The lowest BCUT2D eigenvalue weighted by Gasteiger charge is -2.17. The van der Waals surface area contributed by atoms with Crippen LogP contribution in [0.5, 0.6) is 0 Å². The van der Waals surface area contributed by atoms with Crippen molar-refractivity contribution in [2.45, 2.75) is 45.6 Å². The van der Waals surface area contributed by atoms with Crippen LogP contribution in [0.4, 0.5) is 5.69 Å². The Morgan fingerprint density at radius 3 is 2.94 bits per heavy atom. The summed E-state index contributed by atoms with van der Waals surface area (Å²) in [5, 5.41) is 3.42. The molecular formula is C13H21N3S. The highest BCUT2D eigenvalue weighted by atomic mass is 32.1. The summed E-state index contributed by atoms with van der Waals surface area (Å²) >= 11 is 5.02. The monoisotopic (exact) mass is 251 g/mol. The van der Waals surface area contributed by atoms with Gasteiger partial charge in [-0.3, -0.25) is 4.98 Å². The predicted octanol–water partition coefficient (Wildman–Crippen LogP) is 3.10. The second-order valence-corrected chi connectivity index (χ2v) is 4.77. The molecule has 0 saturated heterocycles. The third kappa shape index (κ3) is 4.69. The Morgan fingerprint density at radius 1 is 1.53 bits per heavy atom. The van der Waals surface area contributed by atoms with Crippen molar-refractivity contribution in [2.24, 2.45) is 5.73 Å². The van der Waals surface area contributed by atoms with Gasteiger partial charge in [-0.1, -0.05) is 38.4 Å². The second kappa shape index (κ2) is 7.22. The van der Waals surface area contributed by atoms with Gasteiger partial charge in [0.05, 0.1) is 11.9 Å². The quantitative estimate of drug-likeness (QED) is 0.577. The molecule has 4 heteroatoms. The first-order chi connectivity index (χ1) is 8.15. The molecule has 0 saturated carbocycles. The van der Waals surface area contributed by atoms with Crippen LogP contribution >= 0.6 is 12.2 Å². The molecule has 0 amide bonds. The standard InChI is InChI=1S/C13H21N3S/c1-3-4-5-6-10(2)16-12-9-15-8-7-11(12)13(14)17/h7-10,16H,3-6H2,1-2H3,(H2,14,17). The molecule has 1 rings (SSSR count). The minimum atomic E-state index is 0.413. The number of aromatic nitrogens is 1. The minimum Gasteiger partial charge on any atom is -0.389 e. The molecule has 1 heterocycles. The molecule has 17 heavy (non-hydrogen) atoms. The largest absolute Gasteiger partial charge is 0.389 e. The number of nitrogens with two attached hydrogens (primary N) is 1. The first-order valence-corrected chi connectivity index (χ1v) is 6.56. The van der Waals surface area contributed by atoms with Gasteiger partial charge in [-0.15, -0.1) is 0 Å². The SMILES string of the molecule is CCCCCC(C)Nc1cnccc1C(N)=S. The van der Waals surface area contributed by atoms with Crippen molar-refractivity contribution in [3.05, 3.63) is 24.0 Å². The fourth-order valence-corrected chi connectivity index (χ4v) is 1.94. The van der Waals surface area contributed by atoms with Crippen LogP contribution in [0.25, 0.3) is 0 Å². The van der Waals surface area contributed by atoms with E-state index in [-0.39, 0.29) is 0 Å². The summed E-state index contributed by atoms with van der Waals surface area (Å²) in [5.41, 5.74) is 7.48. The molecule has 1 unspecified atom stereocenters. The molecule has 0 aliphatic heterocycles. The van der Waals surface area contributed by atoms with Crippen molar-refractivity contribution in [1.82, 2.24) is 4.98 Å². The van der Waals surface area contributed by atoms with E-state index in [1.807, 2.05) is 6.07 Å². The zero-order valence-electron chi connectivity index (χ0n) is 10.6. The summed E-state index contributed by atoms with van der Waals surface area (Å²) in [6.07, 6.45) is 8.41. The van der Waals surface area contributed by atoms with Crippen LogP contribution in [0, 0.1) is 0 Å². The molecule has 3 N–H and O–H groups in total.